The minimum Gasteiger partial charge on any atom is -0.497 e. The zero-order valence-electron chi connectivity index (χ0n) is 12.0. The fraction of sp³-hybridized carbons (Fsp3) is 0.250. The topological polar surface area (TPSA) is 30.5 Å². The summed E-state index contributed by atoms with van der Waals surface area (Å²) in [5.74, 6) is 0.648. The van der Waals surface area contributed by atoms with Crippen LogP contribution in [-0.2, 0) is 13.2 Å². The molecule has 1 N–H and O–H groups in total. The SMILES string of the molecule is CNCc1ccc(OCc2ccc(OC)cc2F)c(Cl)c1. The van der Waals surface area contributed by atoms with Crippen molar-refractivity contribution in [3.05, 3.63) is 58.4 Å². The molecule has 21 heavy (non-hydrogen) atoms. The highest BCUT2D eigenvalue weighted by Crippen LogP contribution is 2.27. The number of methoxy groups -OCH3 is 1. The smallest absolute Gasteiger partial charge is 0.138 e. The standard InChI is InChI=1S/C16H17ClFNO2/c1-19-9-11-3-6-16(14(17)7-11)21-10-12-4-5-13(20-2)8-15(12)18/h3-8,19H,9-10H2,1-2H3. The summed E-state index contributed by atoms with van der Waals surface area (Å²) in [6.07, 6.45) is 0. The van der Waals surface area contributed by atoms with Gasteiger partial charge in [-0.05, 0) is 36.9 Å². The molecule has 0 spiro atoms. The molecule has 0 unspecified atom stereocenters. The van der Waals surface area contributed by atoms with Gasteiger partial charge in [0.25, 0.3) is 0 Å². The molecule has 5 heteroatoms. The van der Waals surface area contributed by atoms with Gasteiger partial charge in [0.2, 0.25) is 0 Å². The zero-order valence-corrected chi connectivity index (χ0v) is 12.7. The lowest BCUT2D eigenvalue weighted by molar-refractivity contribution is 0.299. The molecule has 0 heterocycles. The molecule has 0 amide bonds. The second kappa shape index (κ2) is 7.29. The first kappa shape index (κ1) is 15.6. The van der Waals surface area contributed by atoms with Crippen molar-refractivity contribution in [1.29, 1.82) is 0 Å². The van der Waals surface area contributed by atoms with Crippen molar-refractivity contribution in [2.75, 3.05) is 14.2 Å². The van der Waals surface area contributed by atoms with E-state index in [0.29, 0.717) is 22.1 Å². The molecule has 3 nitrogen and oxygen atoms in total. The highest BCUT2D eigenvalue weighted by atomic mass is 35.5. The predicted octanol–water partition coefficient (Wildman–Crippen LogP) is 3.79. The van der Waals surface area contributed by atoms with Gasteiger partial charge < -0.3 is 14.8 Å². The van der Waals surface area contributed by atoms with Crippen LogP contribution in [0.5, 0.6) is 11.5 Å². The van der Waals surface area contributed by atoms with Gasteiger partial charge in [-0.15, -0.1) is 0 Å². The fourth-order valence-electron chi connectivity index (χ4n) is 1.90. The van der Waals surface area contributed by atoms with Crippen LogP contribution in [0.15, 0.2) is 36.4 Å². The molecule has 112 valence electrons. The first-order valence-electron chi connectivity index (χ1n) is 6.52. The molecule has 2 rings (SSSR count). The van der Waals surface area contributed by atoms with Crippen molar-refractivity contribution < 1.29 is 13.9 Å². The summed E-state index contributed by atoms with van der Waals surface area (Å²) in [4.78, 5) is 0. The summed E-state index contributed by atoms with van der Waals surface area (Å²) in [6, 6.07) is 10.2. The minimum atomic E-state index is -0.364. The van der Waals surface area contributed by atoms with Gasteiger partial charge >= 0.3 is 0 Å². The van der Waals surface area contributed by atoms with E-state index in [-0.39, 0.29) is 12.4 Å². The van der Waals surface area contributed by atoms with Crippen LogP contribution in [-0.4, -0.2) is 14.2 Å². The van der Waals surface area contributed by atoms with Gasteiger partial charge in [0.1, 0.15) is 23.9 Å². The third-order valence-electron chi connectivity index (χ3n) is 3.02. The Morgan fingerprint density at radius 3 is 2.62 bits per heavy atom. The van der Waals surface area contributed by atoms with E-state index in [4.69, 9.17) is 21.1 Å². The Balaban J connectivity index is 2.06. The molecule has 0 radical (unpaired) electrons. The predicted molar refractivity (Wildman–Crippen MR) is 81.5 cm³/mol. The molecule has 0 aliphatic carbocycles. The molecule has 0 aromatic heterocycles. The van der Waals surface area contributed by atoms with E-state index < -0.39 is 0 Å². The Hall–Kier alpha value is -1.78. The monoisotopic (exact) mass is 309 g/mol. The summed E-state index contributed by atoms with van der Waals surface area (Å²) in [6.45, 7) is 0.841. The van der Waals surface area contributed by atoms with Crippen molar-refractivity contribution in [3.63, 3.8) is 0 Å². The number of hydrogen-bond acceptors (Lipinski definition) is 3. The Morgan fingerprint density at radius 1 is 1.19 bits per heavy atom. The van der Waals surface area contributed by atoms with Crippen LogP contribution in [0.3, 0.4) is 0 Å². The van der Waals surface area contributed by atoms with Gasteiger partial charge in [0.05, 0.1) is 12.1 Å². The largest absolute Gasteiger partial charge is 0.497 e. The van der Waals surface area contributed by atoms with Gasteiger partial charge in [-0.3, -0.25) is 0 Å². The summed E-state index contributed by atoms with van der Waals surface area (Å²) in [5, 5.41) is 3.56. The molecule has 0 fully saturated rings. The summed E-state index contributed by atoms with van der Waals surface area (Å²) in [7, 11) is 3.36. The van der Waals surface area contributed by atoms with Crippen LogP contribution in [0.25, 0.3) is 0 Å². The fourth-order valence-corrected chi connectivity index (χ4v) is 2.16. The highest BCUT2D eigenvalue weighted by molar-refractivity contribution is 6.32. The zero-order chi connectivity index (χ0) is 15.2. The van der Waals surface area contributed by atoms with Crippen molar-refractivity contribution in [3.8, 4) is 11.5 Å². The number of rotatable bonds is 6. The minimum absolute atomic E-state index is 0.112. The number of hydrogen-bond donors (Lipinski definition) is 1. The Labute approximate surface area is 128 Å². The van der Waals surface area contributed by atoms with Crippen LogP contribution >= 0.6 is 11.6 Å². The van der Waals surface area contributed by atoms with Crippen molar-refractivity contribution in [2.24, 2.45) is 0 Å². The summed E-state index contributed by atoms with van der Waals surface area (Å²) < 4.78 is 24.3. The average molecular weight is 310 g/mol. The van der Waals surface area contributed by atoms with Gasteiger partial charge in [-0.25, -0.2) is 4.39 Å². The van der Waals surface area contributed by atoms with E-state index in [1.807, 2.05) is 19.2 Å². The van der Waals surface area contributed by atoms with E-state index in [9.17, 15) is 4.39 Å². The summed E-state index contributed by atoms with van der Waals surface area (Å²) in [5.41, 5.74) is 1.51. The number of ether oxygens (including phenoxy) is 2. The van der Waals surface area contributed by atoms with Gasteiger partial charge in [-0.2, -0.15) is 0 Å². The first-order chi connectivity index (χ1) is 10.1. The van der Waals surface area contributed by atoms with E-state index in [1.165, 1.54) is 13.2 Å². The molecule has 0 saturated heterocycles. The van der Waals surface area contributed by atoms with Crippen LogP contribution < -0.4 is 14.8 Å². The van der Waals surface area contributed by atoms with Crippen molar-refractivity contribution >= 4 is 11.6 Å². The van der Waals surface area contributed by atoms with E-state index in [1.54, 1.807) is 18.2 Å². The molecule has 0 saturated carbocycles. The van der Waals surface area contributed by atoms with E-state index >= 15 is 0 Å². The third kappa shape index (κ3) is 4.09. The summed E-state index contributed by atoms with van der Waals surface area (Å²) >= 11 is 6.15. The molecule has 0 aliphatic heterocycles. The lowest BCUT2D eigenvalue weighted by atomic mass is 10.2. The normalized spacial score (nSPS) is 10.5. The first-order valence-corrected chi connectivity index (χ1v) is 6.90. The molecular formula is C16H17ClFNO2. The van der Waals surface area contributed by atoms with Crippen LogP contribution in [0, 0.1) is 5.82 Å². The Morgan fingerprint density at radius 2 is 2.00 bits per heavy atom. The average Bonchev–Trinajstić information content (AvgIpc) is 2.48. The van der Waals surface area contributed by atoms with Gasteiger partial charge in [0, 0.05) is 18.2 Å². The molecule has 2 aromatic carbocycles. The van der Waals surface area contributed by atoms with Crippen LogP contribution in [0.1, 0.15) is 11.1 Å². The lowest BCUT2D eigenvalue weighted by Crippen LogP contribution is -2.05. The van der Waals surface area contributed by atoms with Crippen LogP contribution in [0.4, 0.5) is 4.39 Å². The molecule has 0 bridgehead atoms. The molecule has 0 aliphatic rings. The molecule has 2 aromatic rings. The molecular weight excluding hydrogens is 293 g/mol. The second-order valence-electron chi connectivity index (χ2n) is 4.54. The van der Waals surface area contributed by atoms with Crippen LogP contribution in [0.2, 0.25) is 5.02 Å². The van der Waals surface area contributed by atoms with E-state index in [2.05, 4.69) is 5.32 Å². The Bertz CT molecular complexity index is 619. The maximum absolute atomic E-state index is 13.8. The van der Waals surface area contributed by atoms with Crippen molar-refractivity contribution in [1.82, 2.24) is 5.32 Å². The maximum atomic E-state index is 13.8. The van der Waals surface area contributed by atoms with Crippen molar-refractivity contribution in [2.45, 2.75) is 13.2 Å². The number of benzene rings is 2. The van der Waals surface area contributed by atoms with Gasteiger partial charge in [-0.1, -0.05) is 17.7 Å². The quantitative estimate of drug-likeness (QED) is 0.880. The molecule has 0 atom stereocenters. The lowest BCUT2D eigenvalue weighted by Gasteiger charge is -2.11. The Kier molecular flexibility index (Phi) is 5.42. The number of nitrogens with one attached hydrogen (secondary N) is 1. The van der Waals surface area contributed by atoms with E-state index in [0.717, 1.165) is 12.1 Å². The maximum Gasteiger partial charge on any atom is 0.138 e. The highest BCUT2D eigenvalue weighted by Gasteiger charge is 2.07. The second-order valence-corrected chi connectivity index (χ2v) is 4.95. The van der Waals surface area contributed by atoms with Gasteiger partial charge in [0.15, 0.2) is 0 Å². The number of halogens is 2. The third-order valence-corrected chi connectivity index (χ3v) is 3.32.